The van der Waals surface area contributed by atoms with Crippen LogP contribution in [0.15, 0.2) is 4.52 Å². The van der Waals surface area contributed by atoms with Crippen molar-refractivity contribution in [2.45, 2.75) is 12.1 Å². The molecule has 0 saturated carbocycles. The molecule has 8 heteroatoms. The first-order valence-corrected chi connectivity index (χ1v) is 3.69. The van der Waals surface area contributed by atoms with Gasteiger partial charge in [-0.2, -0.15) is 18.2 Å². The Morgan fingerprint density at radius 3 is 2.36 bits per heavy atom. The standard InChI is InChI=1S/C6H6F3N3O.ClH/c7-6(8,9)5-11-4(13-12-5)3-1-10-2-3;/h3,10H,1-2H2;1H. The second-order valence-electron chi connectivity index (χ2n) is 2.81. The number of hydrogen-bond donors (Lipinski definition) is 1. The molecular formula is C6H7ClF3N3O. The van der Waals surface area contributed by atoms with Crippen LogP contribution in [0.1, 0.15) is 17.6 Å². The molecule has 0 bridgehead atoms. The Kier molecular flexibility index (Phi) is 3.01. The van der Waals surface area contributed by atoms with Crippen molar-refractivity contribution in [3.8, 4) is 0 Å². The first-order chi connectivity index (χ1) is 6.07. The lowest BCUT2D eigenvalue weighted by Crippen LogP contribution is -2.40. The van der Waals surface area contributed by atoms with Gasteiger partial charge in [-0.05, 0) is 0 Å². The van der Waals surface area contributed by atoms with Gasteiger partial charge in [0.05, 0.1) is 5.92 Å². The average molecular weight is 230 g/mol. The van der Waals surface area contributed by atoms with E-state index in [1.54, 1.807) is 0 Å². The number of rotatable bonds is 1. The van der Waals surface area contributed by atoms with Crippen LogP contribution in [0.4, 0.5) is 13.2 Å². The van der Waals surface area contributed by atoms with Crippen LogP contribution in [0.3, 0.4) is 0 Å². The highest BCUT2D eigenvalue weighted by atomic mass is 35.5. The molecule has 1 saturated heterocycles. The van der Waals surface area contributed by atoms with E-state index in [4.69, 9.17) is 0 Å². The average Bonchev–Trinajstić information content (AvgIpc) is 2.29. The zero-order chi connectivity index (χ0) is 9.47. The Balaban J connectivity index is 0.000000980. The summed E-state index contributed by atoms with van der Waals surface area (Å²) in [4.78, 5) is 3.26. The largest absolute Gasteiger partial charge is 0.455 e. The Bertz CT molecular complexity index is 310. The second-order valence-corrected chi connectivity index (χ2v) is 2.81. The van der Waals surface area contributed by atoms with Gasteiger partial charge < -0.3 is 9.84 Å². The van der Waals surface area contributed by atoms with Crippen LogP contribution < -0.4 is 5.32 Å². The molecule has 2 heterocycles. The monoisotopic (exact) mass is 229 g/mol. The van der Waals surface area contributed by atoms with Gasteiger partial charge in [-0.3, -0.25) is 0 Å². The van der Waals surface area contributed by atoms with Crippen molar-refractivity contribution in [2.75, 3.05) is 13.1 Å². The molecule has 0 radical (unpaired) electrons. The molecule has 0 unspecified atom stereocenters. The van der Waals surface area contributed by atoms with E-state index in [9.17, 15) is 13.2 Å². The lowest BCUT2D eigenvalue weighted by molar-refractivity contribution is -0.146. The maximum Gasteiger partial charge on any atom is 0.455 e. The van der Waals surface area contributed by atoms with Gasteiger partial charge in [-0.25, -0.2) is 0 Å². The highest BCUT2D eigenvalue weighted by Gasteiger charge is 2.38. The SMILES string of the molecule is Cl.FC(F)(F)c1noc(C2CNC2)n1. The molecule has 1 aromatic rings. The van der Waals surface area contributed by atoms with Gasteiger partial charge >= 0.3 is 6.18 Å². The van der Waals surface area contributed by atoms with Crippen molar-refractivity contribution in [3.05, 3.63) is 11.7 Å². The third kappa shape index (κ3) is 1.98. The van der Waals surface area contributed by atoms with E-state index in [-0.39, 0.29) is 24.2 Å². The van der Waals surface area contributed by atoms with E-state index in [1.165, 1.54) is 0 Å². The summed E-state index contributed by atoms with van der Waals surface area (Å²) in [5.41, 5.74) is 0. The van der Waals surface area contributed by atoms with Crippen LogP contribution in [0, 0.1) is 0 Å². The van der Waals surface area contributed by atoms with E-state index in [0.717, 1.165) is 0 Å². The predicted octanol–water partition coefficient (Wildman–Crippen LogP) is 1.20. The molecule has 1 aliphatic rings. The minimum Gasteiger partial charge on any atom is -0.339 e. The van der Waals surface area contributed by atoms with Gasteiger partial charge in [0, 0.05) is 13.1 Å². The van der Waals surface area contributed by atoms with Gasteiger partial charge in [0.1, 0.15) is 0 Å². The van der Waals surface area contributed by atoms with Crippen LogP contribution in [0.5, 0.6) is 0 Å². The fourth-order valence-electron chi connectivity index (χ4n) is 0.979. The van der Waals surface area contributed by atoms with Gasteiger partial charge in [-0.1, -0.05) is 5.16 Å². The molecule has 0 aromatic carbocycles. The number of alkyl halides is 3. The number of aromatic nitrogens is 2. The maximum absolute atomic E-state index is 12.0. The van der Waals surface area contributed by atoms with Crippen LogP contribution in [0.25, 0.3) is 0 Å². The fourth-order valence-corrected chi connectivity index (χ4v) is 0.979. The molecule has 4 nitrogen and oxygen atoms in total. The van der Waals surface area contributed by atoms with Crippen LogP contribution >= 0.6 is 12.4 Å². The smallest absolute Gasteiger partial charge is 0.339 e. The molecule has 0 atom stereocenters. The minimum atomic E-state index is -4.51. The summed E-state index contributed by atoms with van der Waals surface area (Å²) in [5.74, 6) is -1.20. The molecule has 0 amide bonds. The van der Waals surface area contributed by atoms with Crippen molar-refractivity contribution in [2.24, 2.45) is 0 Å². The van der Waals surface area contributed by atoms with E-state index in [1.807, 2.05) is 0 Å². The molecule has 1 aliphatic heterocycles. The zero-order valence-corrected chi connectivity index (χ0v) is 7.65. The first kappa shape index (κ1) is 11.3. The Morgan fingerprint density at radius 1 is 1.36 bits per heavy atom. The highest BCUT2D eigenvalue weighted by Crippen LogP contribution is 2.28. The molecule has 1 fully saturated rings. The van der Waals surface area contributed by atoms with Crippen molar-refractivity contribution in [1.29, 1.82) is 0 Å². The lowest BCUT2D eigenvalue weighted by atomic mass is 10.0. The quantitative estimate of drug-likeness (QED) is 0.786. The zero-order valence-electron chi connectivity index (χ0n) is 6.84. The lowest BCUT2D eigenvalue weighted by Gasteiger charge is -2.22. The molecule has 1 N–H and O–H groups in total. The van der Waals surface area contributed by atoms with Gasteiger partial charge in [0.2, 0.25) is 5.89 Å². The predicted molar refractivity (Wildman–Crippen MR) is 42.2 cm³/mol. The number of hydrogen-bond acceptors (Lipinski definition) is 4. The Labute approximate surface area is 83.3 Å². The Morgan fingerprint density at radius 2 is 2.00 bits per heavy atom. The minimum absolute atomic E-state index is 0. The summed E-state index contributed by atoms with van der Waals surface area (Å²) in [6, 6.07) is 0. The molecule has 0 spiro atoms. The van der Waals surface area contributed by atoms with Crippen molar-refractivity contribution in [1.82, 2.24) is 15.5 Å². The van der Waals surface area contributed by atoms with Gasteiger partial charge in [0.25, 0.3) is 5.82 Å². The summed E-state index contributed by atoms with van der Waals surface area (Å²) in [6.45, 7) is 1.19. The van der Waals surface area contributed by atoms with Gasteiger partial charge in [0.15, 0.2) is 0 Å². The van der Waals surface area contributed by atoms with Crippen molar-refractivity contribution in [3.63, 3.8) is 0 Å². The summed E-state index contributed by atoms with van der Waals surface area (Å²) in [7, 11) is 0. The van der Waals surface area contributed by atoms with Crippen LogP contribution in [-0.4, -0.2) is 23.2 Å². The van der Waals surface area contributed by atoms with E-state index >= 15 is 0 Å². The van der Waals surface area contributed by atoms with E-state index in [2.05, 4.69) is 20.0 Å². The van der Waals surface area contributed by atoms with Crippen molar-refractivity contribution < 1.29 is 17.7 Å². The first-order valence-electron chi connectivity index (χ1n) is 3.69. The topological polar surface area (TPSA) is 51.0 Å². The maximum atomic E-state index is 12.0. The van der Waals surface area contributed by atoms with Crippen molar-refractivity contribution >= 4 is 12.4 Å². The van der Waals surface area contributed by atoms with E-state index < -0.39 is 12.0 Å². The number of nitrogens with one attached hydrogen (secondary N) is 1. The number of nitrogens with zero attached hydrogens (tertiary/aromatic N) is 2. The molecule has 2 rings (SSSR count). The van der Waals surface area contributed by atoms with Crippen LogP contribution in [0.2, 0.25) is 0 Å². The Hall–Kier alpha value is -0.820. The summed E-state index contributed by atoms with van der Waals surface area (Å²) in [5, 5.41) is 5.75. The third-order valence-corrected chi connectivity index (χ3v) is 1.83. The fraction of sp³-hybridized carbons (Fsp3) is 0.667. The summed E-state index contributed by atoms with van der Waals surface area (Å²) >= 11 is 0. The third-order valence-electron chi connectivity index (χ3n) is 1.83. The molecule has 14 heavy (non-hydrogen) atoms. The summed E-state index contributed by atoms with van der Waals surface area (Å²) in [6.07, 6.45) is -4.51. The number of halogens is 4. The van der Waals surface area contributed by atoms with Crippen LogP contribution in [-0.2, 0) is 6.18 Å². The summed E-state index contributed by atoms with van der Waals surface area (Å²) < 4.78 is 40.4. The molecule has 1 aromatic heterocycles. The normalized spacial score (nSPS) is 17.4. The van der Waals surface area contributed by atoms with E-state index in [0.29, 0.717) is 13.1 Å². The second kappa shape index (κ2) is 3.74. The van der Waals surface area contributed by atoms with Gasteiger partial charge in [-0.15, -0.1) is 12.4 Å². The molecule has 80 valence electrons. The highest BCUT2D eigenvalue weighted by molar-refractivity contribution is 5.85. The molecular weight excluding hydrogens is 223 g/mol. The molecule has 0 aliphatic carbocycles.